The number of aromatic nitrogens is 1. The van der Waals surface area contributed by atoms with Crippen molar-refractivity contribution >= 4 is 73.7 Å². The highest BCUT2D eigenvalue weighted by molar-refractivity contribution is 9.10. The van der Waals surface area contributed by atoms with E-state index in [0.29, 0.717) is 23.6 Å². The number of furan rings is 1. The van der Waals surface area contributed by atoms with Gasteiger partial charge in [-0.25, -0.2) is 4.79 Å². The average Bonchev–Trinajstić information content (AvgIpc) is 3.48. The maximum atomic E-state index is 13.5. The van der Waals surface area contributed by atoms with Crippen LogP contribution in [0.1, 0.15) is 27.4 Å². The largest absolute Gasteiger partial charge is 0.463 e. The third-order valence-corrected chi connectivity index (χ3v) is 6.77. The highest BCUT2D eigenvalue weighted by atomic mass is 79.9. The van der Waals surface area contributed by atoms with E-state index in [9.17, 15) is 14.4 Å². The first-order valence-corrected chi connectivity index (χ1v) is 12.4. The average molecular weight is 578 g/mol. The molecule has 37 heavy (non-hydrogen) atoms. The molecule has 0 bridgehead atoms. The number of hydrogen-bond donors (Lipinski definition) is 1. The molecular weight excluding hydrogens is 558 g/mol. The number of hydrogen-bond acceptors (Lipinski definition) is 6. The summed E-state index contributed by atoms with van der Waals surface area (Å²) in [6, 6.07) is 16.3. The number of para-hydroxylation sites is 1. The molecule has 1 fully saturated rings. The van der Waals surface area contributed by atoms with Gasteiger partial charge in [0.15, 0.2) is 5.11 Å². The maximum Gasteiger partial charge on any atom is 0.373 e. The molecule has 5 rings (SSSR count). The highest BCUT2D eigenvalue weighted by Gasteiger charge is 2.35. The minimum absolute atomic E-state index is 0.0271. The molecule has 2 aromatic heterocycles. The quantitative estimate of drug-likeness (QED) is 0.156. The van der Waals surface area contributed by atoms with Crippen molar-refractivity contribution in [1.29, 1.82) is 0 Å². The predicted octanol–water partition coefficient (Wildman–Crippen LogP) is 4.97. The Kier molecular flexibility index (Phi) is 6.53. The Morgan fingerprint density at radius 2 is 1.95 bits per heavy atom. The van der Waals surface area contributed by atoms with Crippen LogP contribution in [-0.2, 0) is 20.9 Å². The normalized spacial score (nSPS) is 14.9. The maximum absolute atomic E-state index is 13.5. The van der Waals surface area contributed by atoms with E-state index in [-0.39, 0.29) is 16.4 Å². The number of esters is 1. The number of fused-ring (bicyclic) bond motifs is 1. The number of anilines is 1. The molecule has 186 valence electrons. The number of ether oxygens (including phenoxy) is 1. The highest BCUT2D eigenvalue weighted by Crippen LogP contribution is 2.30. The number of nitrogens with zero attached hydrogens (tertiary/aromatic N) is 2. The number of amides is 2. The number of methoxy groups -OCH3 is 1. The van der Waals surface area contributed by atoms with Crippen molar-refractivity contribution in [3.63, 3.8) is 0 Å². The fourth-order valence-corrected chi connectivity index (χ4v) is 5.01. The van der Waals surface area contributed by atoms with Crippen molar-refractivity contribution in [3.05, 3.63) is 93.5 Å². The van der Waals surface area contributed by atoms with Crippen LogP contribution in [0, 0.1) is 6.92 Å². The first-order valence-electron chi connectivity index (χ1n) is 11.2. The molecule has 0 unspecified atom stereocenters. The summed E-state index contributed by atoms with van der Waals surface area (Å²) < 4.78 is 13.1. The molecule has 8 nitrogen and oxygen atoms in total. The fraction of sp³-hybridized carbons (Fsp3) is 0.111. The first kappa shape index (κ1) is 24.7. The van der Waals surface area contributed by atoms with Gasteiger partial charge in [0.1, 0.15) is 11.3 Å². The summed E-state index contributed by atoms with van der Waals surface area (Å²) in [6.07, 6.45) is 3.40. The van der Waals surface area contributed by atoms with Crippen molar-refractivity contribution in [2.75, 3.05) is 12.0 Å². The smallest absolute Gasteiger partial charge is 0.373 e. The summed E-state index contributed by atoms with van der Waals surface area (Å²) in [5, 5.41) is 3.51. The van der Waals surface area contributed by atoms with E-state index in [0.717, 1.165) is 20.9 Å². The van der Waals surface area contributed by atoms with Crippen LogP contribution < -0.4 is 10.2 Å². The molecule has 2 aromatic carbocycles. The van der Waals surface area contributed by atoms with Crippen LogP contribution in [0.15, 0.2) is 75.3 Å². The number of carbonyl (C=O) groups excluding carboxylic acids is 3. The Labute approximate surface area is 225 Å². The number of benzene rings is 2. The Morgan fingerprint density at radius 3 is 2.70 bits per heavy atom. The van der Waals surface area contributed by atoms with Gasteiger partial charge >= 0.3 is 5.97 Å². The van der Waals surface area contributed by atoms with Crippen molar-refractivity contribution in [1.82, 2.24) is 9.88 Å². The molecule has 0 aliphatic carbocycles. The summed E-state index contributed by atoms with van der Waals surface area (Å²) in [5.41, 5.74) is 2.91. The Morgan fingerprint density at radius 1 is 1.16 bits per heavy atom. The molecule has 10 heteroatoms. The van der Waals surface area contributed by atoms with E-state index >= 15 is 0 Å². The number of rotatable bonds is 5. The molecule has 1 aliphatic rings. The van der Waals surface area contributed by atoms with Gasteiger partial charge in [0, 0.05) is 27.1 Å². The lowest BCUT2D eigenvalue weighted by atomic mass is 10.1. The molecule has 3 heterocycles. The van der Waals surface area contributed by atoms with E-state index in [4.69, 9.17) is 21.4 Å². The second kappa shape index (κ2) is 9.79. The van der Waals surface area contributed by atoms with Gasteiger partial charge in [-0.15, -0.1) is 0 Å². The van der Waals surface area contributed by atoms with E-state index in [1.54, 1.807) is 24.3 Å². The Bertz CT molecular complexity index is 1630. The zero-order chi connectivity index (χ0) is 26.3. The number of nitrogens with one attached hydrogen (secondary N) is 1. The van der Waals surface area contributed by atoms with Gasteiger partial charge in [-0.05, 0) is 67.2 Å². The Hall–Kier alpha value is -4.02. The van der Waals surface area contributed by atoms with Crippen LogP contribution in [0.5, 0.6) is 0 Å². The third-order valence-electron chi connectivity index (χ3n) is 6.00. The van der Waals surface area contributed by atoms with Gasteiger partial charge in [-0.2, -0.15) is 0 Å². The topological polar surface area (TPSA) is 93.8 Å². The molecule has 0 atom stereocenters. The predicted molar refractivity (Wildman–Crippen MR) is 146 cm³/mol. The van der Waals surface area contributed by atoms with E-state index < -0.39 is 17.8 Å². The van der Waals surface area contributed by atoms with Crippen LogP contribution in [0.2, 0.25) is 0 Å². The number of thiocarbonyl (C=S) groups is 1. The van der Waals surface area contributed by atoms with E-state index in [2.05, 4.69) is 21.2 Å². The lowest BCUT2D eigenvalue weighted by Crippen LogP contribution is -2.54. The molecule has 2 amide bonds. The fourth-order valence-electron chi connectivity index (χ4n) is 4.26. The van der Waals surface area contributed by atoms with Crippen molar-refractivity contribution < 1.29 is 23.5 Å². The lowest BCUT2D eigenvalue weighted by molar-refractivity contribution is -0.122. The minimum Gasteiger partial charge on any atom is -0.463 e. The van der Waals surface area contributed by atoms with Crippen molar-refractivity contribution in [2.24, 2.45) is 0 Å². The number of aryl methyl sites for hydroxylation is 1. The Balaban J connectivity index is 1.54. The SMILES string of the molecule is COC(=O)c1ccc(Cn2cc(/C=C3\C(=O)NC(=S)N(c4ccc(Br)cc4C)C3=O)c3ccccc32)o1. The second-order valence-corrected chi connectivity index (χ2v) is 9.68. The van der Waals surface area contributed by atoms with Gasteiger partial charge in [0.25, 0.3) is 11.8 Å². The second-order valence-electron chi connectivity index (χ2n) is 8.38. The first-order chi connectivity index (χ1) is 17.8. The number of halogens is 1. The molecule has 0 radical (unpaired) electrons. The molecule has 0 spiro atoms. The summed E-state index contributed by atoms with van der Waals surface area (Å²) in [7, 11) is 1.29. The summed E-state index contributed by atoms with van der Waals surface area (Å²) >= 11 is 8.77. The standard InChI is InChI=1S/C27H20BrN3O5S/c1-15-11-17(28)7-9-21(15)31-25(33)20(24(32)29-27(31)37)12-16-13-30(22-6-4-3-5-19(16)22)14-18-8-10-23(36-18)26(34)35-2/h3-13H,14H2,1-2H3,(H,29,32,37)/b20-12+. The van der Waals surface area contributed by atoms with Gasteiger partial charge in [0.05, 0.1) is 19.3 Å². The van der Waals surface area contributed by atoms with Crippen LogP contribution in [0.3, 0.4) is 0 Å². The van der Waals surface area contributed by atoms with Crippen LogP contribution >= 0.6 is 28.1 Å². The zero-order valence-corrected chi connectivity index (χ0v) is 22.2. The molecule has 1 saturated heterocycles. The summed E-state index contributed by atoms with van der Waals surface area (Å²) in [4.78, 5) is 39.5. The number of carbonyl (C=O) groups is 3. The molecule has 1 aliphatic heterocycles. The zero-order valence-electron chi connectivity index (χ0n) is 19.8. The van der Waals surface area contributed by atoms with Gasteiger partial charge in [-0.1, -0.05) is 34.1 Å². The van der Waals surface area contributed by atoms with E-state index in [1.165, 1.54) is 12.0 Å². The van der Waals surface area contributed by atoms with Gasteiger partial charge < -0.3 is 13.7 Å². The van der Waals surface area contributed by atoms with Crippen molar-refractivity contribution in [3.8, 4) is 0 Å². The monoisotopic (exact) mass is 577 g/mol. The molecular formula is C27H20BrN3O5S. The van der Waals surface area contributed by atoms with Crippen LogP contribution in [0.4, 0.5) is 5.69 Å². The van der Waals surface area contributed by atoms with Gasteiger partial charge in [-0.3, -0.25) is 19.8 Å². The molecule has 1 N–H and O–H groups in total. The third kappa shape index (κ3) is 4.61. The van der Waals surface area contributed by atoms with Gasteiger partial charge in [0.2, 0.25) is 5.76 Å². The van der Waals surface area contributed by atoms with E-state index in [1.807, 2.05) is 54.1 Å². The van der Waals surface area contributed by atoms with Crippen LogP contribution in [0.25, 0.3) is 17.0 Å². The molecule has 4 aromatic rings. The van der Waals surface area contributed by atoms with Crippen molar-refractivity contribution in [2.45, 2.75) is 13.5 Å². The summed E-state index contributed by atoms with van der Waals surface area (Å²) in [6.45, 7) is 2.19. The summed E-state index contributed by atoms with van der Waals surface area (Å²) in [5.74, 6) is -0.968. The molecule has 0 saturated carbocycles. The lowest BCUT2D eigenvalue weighted by Gasteiger charge is -2.30. The minimum atomic E-state index is -0.563. The van der Waals surface area contributed by atoms with Crippen LogP contribution in [-0.4, -0.2) is 34.6 Å².